The summed E-state index contributed by atoms with van der Waals surface area (Å²) in [6.45, 7) is 10.2. The third-order valence-electron chi connectivity index (χ3n) is 2.53. The molecule has 108 valence electrons. The SMILES string of the molecule is CCOc1nc(Br)c(C=O)n1COCC[Si](C)(C)C. The highest BCUT2D eigenvalue weighted by molar-refractivity contribution is 9.10. The number of rotatable bonds is 8. The number of nitrogens with zero attached hydrogens (tertiary/aromatic N) is 2. The maximum atomic E-state index is 11.1. The number of ether oxygens (including phenoxy) is 2. The summed E-state index contributed by atoms with van der Waals surface area (Å²) in [5.74, 6) is 0. The molecule has 0 aliphatic carbocycles. The highest BCUT2D eigenvalue weighted by Gasteiger charge is 2.17. The number of imidazole rings is 1. The first-order valence-corrected chi connectivity index (χ1v) is 10.8. The lowest BCUT2D eigenvalue weighted by Crippen LogP contribution is -2.22. The fourth-order valence-electron chi connectivity index (χ4n) is 1.43. The molecule has 7 heteroatoms. The van der Waals surface area contributed by atoms with Crippen LogP contribution in [0, 0.1) is 0 Å². The van der Waals surface area contributed by atoms with Crippen LogP contribution in [0.1, 0.15) is 17.4 Å². The van der Waals surface area contributed by atoms with E-state index in [4.69, 9.17) is 9.47 Å². The molecule has 0 radical (unpaired) electrons. The molecule has 0 bridgehead atoms. The van der Waals surface area contributed by atoms with E-state index in [9.17, 15) is 4.79 Å². The van der Waals surface area contributed by atoms with Crippen LogP contribution in [-0.4, -0.2) is 37.1 Å². The topological polar surface area (TPSA) is 53.3 Å². The molecule has 0 saturated heterocycles. The van der Waals surface area contributed by atoms with Gasteiger partial charge in [0.05, 0.1) is 6.61 Å². The first kappa shape index (κ1) is 16.4. The normalized spacial score (nSPS) is 11.6. The maximum Gasteiger partial charge on any atom is 0.299 e. The Morgan fingerprint density at radius 3 is 2.63 bits per heavy atom. The van der Waals surface area contributed by atoms with Crippen molar-refractivity contribution < 1.29 is 14.3 Å². The molecule has 0 amide bonds. The van der Waals surface area contributed by atoms with E-state index in [1.165, 1.54) is 0 Å². The fourth-order valence-corrected chi connectivity index (χ4v) is 2.64. The molecule has 0 aliphatic heterocycles. The summed E-state index contributed by atoms with van der Waals surface area (Å²) in [7, 11) is -1.10. The van der Waals surface area contributed by atoms with Gasteiger partial charge in [-0.2, -0.15) is 4.98 Å². The van der Waals surface area contributed by atoms with E-state index in [1.807, 2.05) is 6.92 Å². The van der Waals surface area contributed by atoms with Crippen LogP contribution < -0.4 is 4.74 Å². The molecule has 0 aliphatic rings. The van der Waals surface area contributed by atoms with Gasteiger partial charge in [-0.1, -0.05) is 19.6 Å². The number of hydrogen-bond acceptors (Lipinski definition) is 4. The quantitative estimate of drug-likeness (QED) is 0.411. The van der Waals surface area contributed by atoms with Crippen molar-refractivity contribution in [1.82, 2.24) is 9.55 Å². The minimum Gasteiger partial charge on any atom is -0.465 e. The van der Waals surface area contributed by atoms with E-state index in [0.717, 1.165) is 12.3 Å². The van der Waals surface area contributed by atoms with Gasteiger partial charge in [-0.3, -0.25) is 9.36 Å². The summed E-state index contributed by atoms with van der Waals surface area (Å²) in [6.07, 6.45) is 0.751. The molecule has 5 nitrogen and oxygen atoms in total. The highest BCUT2D eigenvalue weighted by Crippen LogP contribution is 2.22. The summed E-state index contributed by atoms with van der Waals surface area (Å²) < 4.78 is 13.2. The number of hydrogen-bond donors (Lipinski definition) is 0. The molecule has 0 N–H and O–H groups in total. The third kappa shape index (κ3) is 5.08. The molecule has 1 aromatic heterocycles. The maximum absolute atomic E-state index is 11.1. The summed E-state index contributed by atoms with van der Waals surface area (Å²) in [5.41, 5.74) is 0.441. The zero-order chi connectivity index (χ0) is 14.5. The first-order chi connectivity index (χ1) is 8.89. The molecule has 1 heterocycles. The van der Waals surface area contributed by atoms with Crippen LogP contribution in [0.3, 0.4) is 0 Å². The summed E-state index contributed by atoms with van der Waals surface area (Å²) >= 11 is 3.25. The molecule has 19 heavy (non-hydrogen) atoms. The number of halogens is 1. The molecule has 0 saturated carbocycles. The second kappa shape index (κ2) is 7.21. The molecule has 0 spiro atoms. The van der Waals surface area contributed by atoms with E-state index in [0.29, 0.717) is 29.5 Å². The van der Waals surface area contributed by atoms with Crippen molar-refractivity contribution in [3.8, 4) is 6.01 Å². The monoisotopic (exact) mass is 348 g/mol. The predicted molar refractivity (Wildman–Crippen MR) is 80.6 cm³/mol. The summed E-state index contributed by atoms with van der Waals surface area (Å²) in [5, 5.41) is 0. The second-order valence-corrected chi connectivity index (χ2v) is 11.8. The molecule has 0 atom stereocenters. The summed E-state index contributed by atoms with van der Waals surface area (Å²) in [6, 6.07) is 1.49. The molecule has 1 rings (SSSR count). The molecular formula is C12H21BrN2O3Si. The smallest absolute Gasteiger partial charge is 0.299 e. The Balaban J connectivity index is 2.67. The first-order valence-electron chi connectivity index (χ1n) is 6.30. The minimum atomic E-state index is -1.10. The van der Waals surface area contributed by atoms with Gasteiger partial charge in [0.15, 0.2) is 6.29 Å². The van der Waals surface area contributed by atoms with Crippen LogP contribution in [0.15, 0.2) is 4.60 Å². The van der Waals surface area contributed by atoms with Crippen LogP contribution in [0.4, 0.5) is 0 Å². The van der Waals surface area contributed by atoms with Gasteiger partial charge in [-0.25, -0.2) is 0 Å². The van der Waals surface area contributed by atoms with Crippen molar-refractivity contribution in [2.24, 2.45) is 0 Å². The lowest BCUT2D eigenvalue weighted by Gasteiger charge is -2.16. The largest absolute Gasteiger partial charge is 0.465 e. The van der Waals surface area contributed by atoms with Gasteiger partial charge in [0.1, 0.15) is 17.0 Å². The van der Waals surface area contributed by atoms with Gasteiger partial charge in [0.2, 0.25) is 0 Å². The van der Waals surface area contributed by atoms with Crippen LogP contribution in [-0.2, 0) is 11.5 Å². The average Bonchev–Trinajstić information content (AvgIpc) is 2.60. The van der Waals surface area contributed by atoms with Gasteiger partial charge in [0.25, 0.3) is 6.01 Å². The van der Waals surface area contributed by atoms with Crippen molar-refractivity contribution in [2.75, 3.05) is 13.2 Å². The molecular weight excluding hydrogens is 328 g/mol. The Morgan fingerprint density at radius 1 is 1.42 bits per heavy atom. The Morgan fingerprint density at radius 2 is 2.11 bits per heavy atom. The van der Waals surface area contributed by atoms with E-state index in [2.05, 4.69) is 40.6 Å². The zero-order valence-corrected chi connectivity index (χ0v) is 14.5. The lowest BCUT2D eigenvalue weighted by atomic mass is 10.5. The van der Waals surface area contributed by atoms with Gasteiger partial charge >= 0.3 is 0 Å². The lowest BCUT2D eigenvalue weighted by molar-refractivity contribution is 0.0761. The summed E-state index contributed by atoms with van der Waals surface area (Å²) in [4.78, 5) is 15.2. The fraction of sp³-hybridized carbons (Fsp3) is 0.667. The number of carbonyl (C=O) groups excluding carboxylic acids is 1. The Bertz CT molecular complexity index is 429. The van der Waals surface area contributed by atoms with E-state index < -0.39 is 8.07 Å². The Kier molecular flexibility index (Phi) is 6.22. The van der Waals surface area contributed by atoms with Crippen molar-refractivity contribution in [3.63, 3.8) is 0 Å². The number of aldehydes is 1. The number of aromatic nitrogens is 2. The van der Waals surface area contributed by atoms with Gasteiger partial charge in [-0.15, -0.1) is 0 Å². The van der Waals surface area contributed by atoms with Crippen molar-refractivity contribution in [2.45, 2.75) is 39.3 Å². The standard InChI is InChI=1S/C12H21BrN2O3Si/c1-5-18-12-14-11(13)10(8-16)15(12)9-17-6-7-19(2,3)4/h8H,5-7,9H2,1-4H3. The second-order valence-electron chi connectivity index (χ2n) is 5.40. The highest BCUT2D eigenvalue weighted by atomic mass is 79.9. The molecule has 1 aromatic rings. The van der Waals surface area contributed by atoms with E-state index >= 15 is 0 Å². The molecule has 0 fully saturated rings. The van der Waals surface area contributed by atoms with Crippen LogP contribution >= 0.6 is 15.9 Å². The van der Waals surface area contributed by atoms with Crippen LogP contribution in [0.5, 0.6) is 6.01 Å². The van der Waals surface area contributed by atoms with Gasteiger partial charge < -0.3 is 9.47 Å². The minimum absolute atomic E-state index is 0.284. The van der Waals surface area contributed by atoms with Crippen molar-refractivity contribution in [3.05, 3.63) is 10.3 Å². The average molecular weight is 349 g/mol. The van der Waals surface area contributed by atoms with Crippen LogP contribution in [0.25, 0.3) is 0 Å². The van der Waals surface area contributed by atoms with Gasteiger partial charge in [-0.05, 0) is 28.9 Å². The Labute approximate surface area is 123 Å². The van der Waals surface area contributed by atoms with Gasteiger partial charge in [0, 0.05) is 14.7 Å². The Hall–Kier alpha value is -0.663. The number of carbonyl (C=O) groups is 1. The van der Waals surface area contributed by atoms with E-state index in [1.54, 1.807) is 4.57 Å². The van der Waals surface area contributed by atoms with E-state index in [-0.39, 0.29) is 6.73 Å². The third-order valence-corrected chi connectivity index (χ3v) is 4.82. The van der Waals surface area contributed by atoms with Crippen molar-refractivity contribution >= 4 is 30.3 Å². The predicted octanol–water partition coefficient (Wildman–Crippen LogP) is 3.17. The zero-order valence-electron chi connectivity index (χ0n) is 11.9. The van der Waals surface area contributed by atoms with Crippen molar-refractivity contribution in [1.29, 1.82) is 0 Å². The molecule has 0 aromatic carbocycles. The van der Waals surface area contributed by atoms with Crippen LogP contribution in [0.2, 0.25) is 25.7 Å². The molecule has 0 unspecified atom stereocenters.